The highest BCUT2D eigenvalue weighted by Crippen LogP contribution is 2.29. The summed E-state index contributed by atoms with van der Waals surface area (Å²) in [4.78, 5) is 21.1. The van der Waals surface area contributed by atoms with E-state index in [2.05, 4.69) is 15.3 Å². The van der Waals surface area contributed by atoms with Gasteiger partial charge in [-0.15, -0.1) is 0 Å². The summed E-state index contributed by atoms with van der Waals surface area (Å²) in [5.74, 6) is 0.966. The first-order chi connectivity index (χ1) is 13.2. The van der Waals surface area contributed by atoms with Gasteiger partial charge in [-0.25, -0.2) is 4.98 Å². The van der Waals surface area contributed by atoms with Crippen LogP contribution in [0, 0.1) is 0 Å². The molecule has 6 heteroatoms. The molecule has 1 N–H and O–H groups in total. The van der Waals surface area contributed by atoms with Crippen LogP contribution in [0.1, 0.15) is 19.5 Å². The van der Waals surface area contributed by atoms with E-state index in [1.54, 1.807) is 24.4 Å². The summed E-state index contributed by atoms with van der Waals surface area (Å²) in [6.45, 7) is 4.84. The maximum atomic E-state index is 12.3. The van der Waals surface area contributed by atoms with Crippen molar-refractivity contribution in [1.29, 1.82) is 0 Å². The first kappa shape index (κ1) is 18.4. The van der Waals surface area contributed by atoms with E-state index < -0.39 is 0 Å². The Labute approximate surface area is 157 Å². The van der Waals surface area contributed by atoms with Gasteiger partial charge in [0.05, 0.1) is 41.8 Å². The Bertz CT molecular complexity index is 970. The highest BCUT2D eigenvalue weighted by atomic mass is 16.5. The Morgan fingerprint density at radius 1 is 1.07 bits per heavy atom. The van der Waals surface area contributed by atoms with Crippen LogP contribution in [0.25, 0.3) is 17.1 Å². The molecule has 0 aliphatic carbocycles. The lowest BCUT2D eigenvalue weighted by Gasteiger charge is -2.12. The normalized spacial score (nSPS) is 10.9. The fourth-order valence-corrected chi connectivity index (χ4v) is 2.53. The summed E-state index contributed by atoms with van der Waals surface area (Å²) in [6.07, 6.45) is 4.68. The van der Waals surface area contributed by atoms with E-state index in [0.717, 1.165) is 11.0 Å². The van der Waals surface area contributed by atoms with Crippen molar-refractivity contribution in [1.82, 2.24) is 9.97 Å². The lowest BCUT2D eigenvalue weighted by Crippen LogP contribution is -2.10. The molecule has 1 aromatic heterocycles. The van der Waals surface area contributed by atoms with Gasteiger partial charge in [0, 0.05) is 12.1 Å². The molecule has 0 spiro atoms. The van der Waals surface area contributed by atoms with Crippen LogP contribution in [-0.4, -0.2) is 29.1 Å². The largest absolute Gasteiger partial charge is 0.494 e. The molecule has 0 fully saturated rings. The Morgan fingerprint density at radius 2 is 1.85 bits per heavy atom. The smallest absolute Gasteiger partial charge is 0.248 e. The summed E-state index contributed by atoms with van der Waals surface area (Å²) in [7, 11) is 0. The van der Waals surface area contributed by atoms with Crippen LogP contribution in [0.2, 0.25) is 0 Å². The quantitative estimate of drug-likeness (QED) is 0.640. The number of fused-ring (bicyclic) bond motifs is 1. The lowest BCUT2D eigenvalue weighted by atomic mass is 10.2. The summed E-state index contributed by atoms with van der Waals surface area (Å²) in [5, 5.41) is 2.82. The number of anilines is 1. The number of nitrogens with one attached hydrogen (secondary N) is 1. The van der Waals surface area contributed by atoms with Gasteiger partial charge < -0.3 is 14.8 Å². The second-order valence-corrected chi connectivity index (χ2v) is 5.63. The first-order valence-corrected chi connectivity index (χ1v) is 8.80. The molecule has 0 atom stereocenters. The van der Waals surface area contributed by atoms with E-state index >= 15 is 0 Å². The Kier molecular flexibility index (Phi) is 5.99. The zero-order valence-corrected chi connectivity index (χ0v) is 15.3. The highest BCUT2D eigenvalue weighted by molar-refractivity contribution is 6.02. The molecule has 3 aromatic rings. The van der Waals surface area contributed by atoms with E-state index in [1.807, 2.05) is 44.2 Å². The molecule has 1 amide bonds. The van der Waals surface area contributed by atoms with Crippen molar-refractivity contribution in [3.63, 3.8) is 0 Å². The third-order valence-electron chi connectivity index (χ3n) is 3.69. The highest BCUT2D eigenvalue weighted by Gasteiger charge is 2.08. The fourth-order valence-electron chi connectivity index (χ4n) is 2.53. The van der Waals surface area contributed by atoms with Crippen LogP contribution in [0.5, 0.6) is 11.5 Å². The third-order valence-corrected chi connectivity index (χ3v) is 3.69. The maximum absolute atomic E-state index is 12.3. The van der Waals surface area contributed by atoms with Gasteiger partial charge in [-0.1, -0.05) is 12.1 Å². The monoisotopic (exact) mass is 363 g/mol. The SMILES string of the molecule is CCOc1ccc(OCC)c(NC(=O)/C=C/c2cnc3ccccc3n2)c1. The standard InChI is InChI=1S/C21H21N3O3/c1-3-26-16-10-11-20(27-4-2)19(13-16)24-21(25)12-9-15-14-22-17-7-5-6-8-18(17)23-15/h5-14H,3-4H2,1-2H3,(H,24,25)/b12-9+. The van der Waals surface area contributed by atoms with Crippen molar-refractivity contribution >= 4 is 28.7 Å². The van der Waals surface area contributed by atoms with E-state index in [4.69, 9.17) is 9.47 Å². The second kappa shape index (κ2) is 8.80. The predicted molar refractivity (Wildman–Crippen MR) is 106 cm³/mol. The van der Waals surface area contributed by atoms with Crippen LogP contribution in [0.3, 0.4) is 0 Å². The van der Waals surface area contributed by atoms with Crippen molar-refractivity contribution in [3.05, 3.63) is 60.4 Å². The lowest BCUT2D eigenvalue weighted by molar-refractivity contribution is -0.111. The van der Waals surface area contributed by atoms with Crippen molar-refractivity contribution in [2.24, 2.45) is 0 Å². The average Bonchev–Trinajstić information content (AvgIpc) is 2.68. The van der Waals surface area contributed by atoms with Crippen LogP contribution >= 0.6 is 0 Å². The minimum atomic E-state index is -0.292. The number of carbonyl (C=O) groups excluding carboxylic acids is 1. The molecule has 0 aliphatic rings. The zero-order chi connectivity index (χ0) is 19.1. The molecule has 3 rings (SSSR count). The summed E-state index contributed by atoms with van der Waals surface area (Å²) in [6, 6.07) is 12.9. The molecule has 0 saturated heterocycles. The minimum Gasteiger partial charge on any atom is -0.494 e. The maximum Gasteiger partial charge on any atom is 0.248 e. The minimum absolute atomic E-state index is 0.292. The molecule has 1 heterocycles. The van der Waals surface area contributed by atoms with Crippen LogP contribution < -0.4 is 14.8 Å². The molecule has 0 unspecified atom stereocenters. The number of carbonyl (C=O) groups is 1. The predicted octanol–water partition coefficient (Wildman–Crippen LogP) is 4.08. The number of para-hydroxylation sites is 2. The Balaban J connectivity index is 1.75. The average molecular weight is 363 g/mol. The molecule has 0 aliphatic heterocycles. The molecule has 0 saturated carbocycles. The van der Waals surface area contributed by atoms with Gasteiger partial charge >= 0.3 is 0 Å². The van der Waals surface area contributed by atoms with Gasteiger partial charge in [-0.2, -0.15) is 0 Å². The van der Waals surface area contributed by atoms with E-state index in [9.17, 15) is 4.79 Å². The third kappa shape index (κ3) is 4.82. The molecule has 2 aromatic carbocycles. The topological polar surface area (TPSA) is 73.3 Å². The fraction of sp³-hybridized carbons (Fsp3) is 0.190. The number of ether oxygens (including phenoxy) is 2. The summed E-state index contributed by atoms with van der Waals surface area (Å²) >= 11 is 0. The second-order valence-electron chi connectivity index (χ2n) is 5.63. The molecule has 0 radical (unpaired) electrons. The molecular formula is C21H21N3O3. The summed E-state index contributed by atoms with van der Waals surface area (Å²) in [5.41, 5.74) is 2.76. The van der Waals surface area contributed by atoms with Gasteiger partial charge in [0.15, 0.2) is 0 Å². The van der Waals surface area contributed by atoms with Crippen LogP contribution in [-0.2, 0) is 4.79 Å². The number of nitrogens with zero attached hydrogens (tertiary/aromatic N) is 2. The van der Waals surface area contributed by atoms with Crippen molar-refractivity contribution in [3.8, 4) is 11.5 Å². The van der Waals surface area contributed by atoms with Gasteiger partial charge in [0.2, 0.25) is 5.91 Å². The van der Waals surface area contributed by atoms with Crippen molar-refractivity contribution < 1.29 is 14.3 Å². The zero-order valence-electron chi connectivity index (χ0n) is 15.3. The number of hydrogen-bond acceptors (Lipinski definition) is 5. The van der Waals surface area contributed by atoms with Gasteiger partial charge in [0.25, 0.3) is 0 Å². The molecular weight excluding hydrogens is 342 g/mol. The molecule has 138 valence electrons. The number of benzene rings is 2. The molecule has 6 nitrogen and oxygen atoms in total. The van der Waals surface area contributed by atoms with Gasteiger partial charge in [-0.3, -0.25) is 9.78 Å². The van der Waals surface area contributed by atoms with Gasteiger partial charge in [0.1, 0.15) is 11.5 Å². The first-order valence-electron chi connectivity index (χ1n) is 8.80. The van der Waals surface area contributed by atoms with Crippen molar-refractivity contribution in [2.45, 2.75) is 13.8 Å². The Morgan fingerprint density at radius 3 is 2.63 bits per heavy atom. The number of rotatable bonds is 7. The molecule has 0 bridgehead atoms. The van der Waals surface area contributed by atoms with E-state index in [1.165, 1.54) is 6.08 Å². The number of hydrogen-bond donors (Lipinski definition) is 1. The Hall–Kier alpha value is -3.41. The van der Waals surface area contributed by atoms with E-state index in [0.29, 0.717) is 36.1 Å². The molecule has 27 heavy (non-hydrogen) atoms. The number of amides is 1. The van der Waals surface area contributed by atoms with Crippen LogP contribution in [0.15, 0.2) is 54.7 Å². The van der Waals surface area contributed by atoms with Crippen molar-refractivity contribution in [2.75, 3.05) is 18.5 Å². The summed E-state index contributed by atoms with van der Waals surface area (Å²) < 4.78 is 11.1. The van der Waals surface area contributed by atoms with Crippen LogP contribution in [0.4, 0.5) is 5.69 Å². The van der Waals surface area contributed by atoms with E-state index in [-0.39, 0.29) is 5.91 Å². The number of aromatic nitrogens is 2. The van der Waals surface area contributed by atoms with Gasteiger partial charge in [-0.05, 0) is 44.2 Å².